The van der Waals surface area contributed by atoms with E-state index < -0.39 is 0 Å². The molecule has 1 aromatic carbocycles. The molecule has 0 spiro atoms. The third kappa shape index (κ3) is 3.55. The predicted octanol–water partition coefficient (Wildman–Crippen LogP) is 2.32. The highest BCUT2D eigenvalue weighted by molar-refractivity contribution is 5.31. The molecule has 1 atom stereocenters. The highest BCUT2D eigenvalue weighted by Gasteiger charge is 2.18. The zero-order valence-corrected chi connectivity index (χ0v) is 11.3. The van der Waals surface area contributed by atoms with Crippen molar-refractivity contribution in [3.8, 4) is 0 Å². The number of hydrogen-bond acceptors (Lipinski definition) is 3. The molecule has 1 unspecified atom stereocenters. The first kappa shape index (κ1) is 13.5. The van der Waals surface area contributed by atoms with Gasteiger partial charge in [0.15, 0.2) is 0 Å². The second kappa shape index (κ2) is 6.88. The summed E-state index contributed by atoms with van der Waals surface area (Å²) >= 11 is 0. The third-order valence-electron chi connectivity index (χ3n) is 3.94. The fourth-order valence-corrected chi connectivity index (χ4v) is 2.88. The Bertz CT molecular complexity index is 367. The summed E-state index contributed by atoms with van der Waals surface area (Å²) in [4.78, 5) is 7.16. The Morgan fingerprint density at radius 1 is 1.28 bits per heavy atom. The molecule has 3 heteroatoms. The lowest BCUT2D eigenvalue weighted by Crippen LogP contribution is -2.18. The van der Waals surface area contributed by atoms with Gasteiger partial charge in [-0.3, -0.25) is 0 Å². The maximum Gasteiger partial charge on any atom is 0.0719 e. The molecule has 2 N–H and O–H groups in total. The monoisotopic (exact) mass is 248 g/mol. The van der Waals surface area contributed by atoms with Crippen molar-refractivity contribution in [3.05, 3.63) is 35.4 Å². The molecule has 0 aromatic heterocycles. The minimum Gasteiger partial charge on any atom is -0.306 e. The molecule has 100 valence electrons. The second-order valence-corrected chi connectivity index (χ2v) is 5.25. The van der Waals surface area contributed by atoms with Crippen LogP contribution < -0.4 is 5.90 Å². The molecule has 0 saturated carbocycles. The highest BCUT2D eigenvalue weighted by Crippen LogP contribution is 2.30. The molecule has 2 rings (SSSR count). The van der Waals surface area contributed by atoms with Crippen molar-refractivity contribution in [1.82, 2.24) is 4.90 Å². The minimum atomic E-state index is 0.601. The molecule has 1 aliphatic heterocycles. The van der Waals surface area contributed by atoms with Crippen LogP contribution in [0.4, 0.5) is 0 Å². The van der Waals surface area contributed by atoms with Gasteiger partial charge in [0.25, 0.3) is 0 Å². The molecule has 0 aliphatic carbocycles. The highest BCUT2D eigenvalue weighted by atomic mass is 16.6. The Labute approximate surface area is 110 Å². The third-order valence-corrected chi connectivity index (χ3v) is 3.94. The number of rotatable bonds is 4. The largest absolute Gasteiger partial charge is 0.306 e. The van der Waals surface area contributed by atoms with Gasteiger partial charge in [0.2, 0.25) is 0 Å². The SMILES string of the molecule is CN1CCCC(c2ccccc2CCON)CC1. The summed E-state index contributed by atoms with van der Waals surface area (Å²) < 4.78 is 0. The van der Waals surface area contributed by atoms with Gasteiger partial charge in [0.1, 0.15) is 0 Å². The molecule has 3 nitrogen and oxygen atoms in total. The molecule has 1 aliphatic rings. The Morgan fingerprint density at radius 3 is 2.94 bits per heavy atom. The summed E-state index contributed by atoms with van der Waals surface area (Å²) in [7, 11) is 2.22. The van der Waals surface area contributed by atoms with Gasteiger partial charge in [0.05, 0.1) is 6.61 Å². The molecular formula is C15H24N2O. The van der Waals surface area contributed by atoms with Crippen molar-refractivity contribution in [3.63, 3.8) is 0 Å². The van der Waals surface area contributed by atoms with Crippen LogP contribution in [0.5, 0.6) is 0 Å². The second-order valence-electron chi connectivity index (χ2n) is 5.25. The van der Waals surface area contributed by atoms with Gasteiger partial charge in [-0.1, -0.05) is 24.3 Å². The van der Waals surface area contributed by atoms with Crippen molar-refractivity contribution in [2.24, 2.45) is 5.90 Å². The summed E-state index contributed by atoms with van der Waals surface area (Å²) in [6.45, 7) is 3.03. The first-order valence-corrected chi connectivity index (χ1v) is 6.89. The van der Waals surface area contributed by atoms with Crippen molar-refractivity contribution in [2.75, 3.05) is 26.7 Å². The number of likely N-dealkylation sites (tertiary alicyclic amines) is 1. The van der Waals surface area contributed by atoms with Crippen molar-refractivity contribution >= 4 is 0 Å². The number of benzene rings is 1. The Hall–Kier alpha value is -0.900. The molecule has 0 radical (unpaired) electrons. The van der Waals surface area contributed by atoms with Crippen molar-refractivity contribution in [1.29, 1.82) is 0 Å². The van der Waals surface area contributed by atoms with Crippen molar-refractivity contribution in [2.45, 2.75) is 31.6 Å². The topological polar surface area (TPSA) is 38.5 Å². The van der Waals surface area contributed by atoms with E-state index in [1.165, 1.54) is 43.5 Å². The van der Waals surface area contributed by atoms with Crippen LogP contribution in [-0.2, 0) is 11.3 Å². The fraction of sp³-hybridized carbons (Fsp3) is 0.600. The molecule has 1 saturated heterocycles. The Morgan fingerprint density at radius 2 is 2.11 bits per heavy atom. The quantitative estimate of drug-likeness (QED) is 0.831. The molecule has 1 aromatic rings. The average Bonchev–Trinajstić information content (AvgIpc) is 2.61. The summed E-state index contributed by atoms with van der Waals surface area (Å²) in [5.41, 5.74) is 2.90. The maximum atomic E-state index is 5.14. The van der Waals surface area contributed by atoms with E-state index in [-0.39, 0.29) is 0 Å². The van der Waals surface area contributed by atoms with E-state index in [0.29, 0.717) is 12.5 Å². The van der Waals surface area contributed by atoms with Gasteiger partial charge in [-0.15, -0.1) is 0 Å². The van der Waals surface area contributed by atoms with Gasteiger partial charge in [-0.05, 0) is 62.9 Å². The average molecular weight is 248 g/mol. The Kier molecular flexibility index (Phi) is 5.17. The standard InChI is InChI=1S/C15H24N2O/c1-17-10-4-6-13(8-11-17)15-7-3-2-5-14(15)9-12-18-16/h2-3,5,7,13H,4,6,8-12,16H2,1H3. The molecular weight excluding hydrogens is 224 g/mol. The van der Waals surface area contributed by atoms with Gasteiger partial charge in [-0.25, -0.2) is 5.90 Å². The van der Waals surface area contributed by atoms with E-state index in [4.69, 9.17) is 10.7 Å². The first-order chi connectivity index (χ1) is 8.81. The van der Waals surface area contributed by atoms with Crippen LogP contribution in [0, 0.1) is 0 Å². The summed E-state index contributed by atoms with van der Waals surface area (Å²) in [6.07, 6.45) is 4.77. The molecule has 1 fully saturated rings. The molecule has 1 heterocycles. The van der Waals surface area contributed by atoms with Crippen LogP contribution >= 0.6 is 0 Å². The molecule has 0 amide bonds. The predicted molar refractivity (Wildman–Crippen MR) is 74.4 cm³/mol. The first-order valence-electron chi connectivity index (χ1n) is 6.89. The fourth-order valence-electron chi connectivity index (χ4n) is 2.88. The lowest BCUT2D eigenvalue weighted by Gasteiger charge is -2.19. The number of nitrogens with two attached hydrogens (primary N) is 1. The lowest BCUT2D eigenvalue weighted by atomic mass is 9.88. The van der Waals surface area contributed by atoms with Crippen LogP contribution in [0.2, 0.25) is 0 Å². The van der Waals surface area contributed by atoms with E-state index in [2.05, 4.69) is 36.2 Å². The van der Waals surface area contributed by atoms with E-state index in [9.17, 15) is 0 Å². The van der Waals surface area contributed by atoms with E-state index in [1.54, 1.807) is 0 Å². The van der Waals surface area contributed by atoms with Gasteiger partial charge in [-0.2, -0.15) is 0 Å². The molecule has 18 heavy (non-hydrogen) atoms. The summed E-state index contributed by atoms with van der Waals surface area (Å²) in [6, 6.07) is 8.75. The van der Waals surface area contributed by atoms with Crippen LogP contribution in [0.15, 0.2) is 24.3 Å². The van der Waals surface area contributed by atoms with E-state index >= 15 is 0 Å². The smallest absolute Gasteiger partial charge is 0.0719 e. The number of nitrogens with zero attached hydrogens (tertiary/aromatic N) is 1. The normalized spacial score (nSPS) is 21.8. The Balaban J connectivity index is 2.10. The van der Waals surface area contributed by atoms with Crippen LogP contribution in [0.25, 0.3) is 0 Å². The van der Waals surface area contributed by atoms with Crippen molar-refractivity contribution < 1.29 is 4.84 Å². The van der Waals surface area contributed by atoms with Gasteiger partial charge in [0, 0.05) is 0 Å². The molecule has 0 bridgehead atoms. The van der Waals surface area contributed by atoms with Gasteiger partial charge < -0.3 is 9.74 Å². The van der Waals surface area contributed by atoms with Crippen LogP contribution in [0.3, 0.4) is 0 Å². The van der Waals surface area contributed by atoms with E-state index in [1.807, 2.05) is 0 Å². The van der Waals surface area contributed by atoms with Crippen LogP contribution in [0.1, 0.15) is 36.3 Å². The van der Waals surface area contributed by atoms with Crippen LogP contribution in [-0.4, -0.2) is 31.6 Å². The number of hydrogen-bond donors (Lipinski definition) is 1. The zero-order chi connectivity index (χ0) is 12.8. The zero-order valence-electron chi connectivity index (χ0n) is 11.3. The van der Waals surface area contributed by atoms with Gasteiger partial charge >= 0.3 is 0 Å². The minimum absolute atomic E-state index is 0.601. The van der Waals surface area contributed by atoms with E-state index in [0.717, 1.165) is 6.42 Å². The summed E-state index contributed by atoms with van der Waals surface area (Å²) in [5.74, 6) is 5.84. The lowest BCUT2D eigenvalue weighted by molar-refractivity contribution is 0.141. The maximum absolute atomic E-state index is 5.14. The summed E-state index contributed by atoms with van der Waals surface area (Å²) in [5, 5.41) is 0.